The van der Waals surface area contributed by atoms with Crippen LogP contribution in [0.2, 0.25) is 0 Å². The van der Waals surface area contributed by atoms with Crippen LogP contribution in [0.1, 0.15) is 5.69 Å². The highest BCUT2D eigenvalue weighted by Gasteiger charge is 2.23. The van der Waals surface area contributed by atoms with Gasteiger partial charge in [-0.1, -0.05) is 0 Å². The van der Waals surface area contributed by atoms with Gasteiger partial charge in [-0.05, 0) is 35.0 Å². The molecule has 0 aliphatic rings. The van der Waals surface area contributed by atoms with Crippen molar-refractivity contribution in [3.8, 4) is 0 Å². The number of benzene rings is 1. The first-order valence-corrected chi connectivity index (χ1v) is 7.76. The molecule has 2 aromatic rings. The van der Waals surface area contributed by atoms with Gasteiger partial charge in [0, 0.05) is 18.8 Å². The number of halogens is 2. The predicted octanol–water partition coefficient (Wildman–Crippen LogP) is 2.01. The summed E-state index contributed by atoms with van der Waals surface area (Å²) in [4.78, 5) is -0.525. The maximum atomic E-state index is 13.9. The van der Waals surface area contributed by atoms with Crippen molar-refractivity contribution in [1.29, 1.82) is 0 Å². The van der Waals surface area contributed by atoms with Crippen molar-refractivity contribution in [1.82, 2.24) is 9.78 Å². The third-order valence-electron chi connectivity index (χ3n) is 2.55. The van der Waals surface area contributed by atoms with Gasteiger partial charge >= 0.3 is 0 Å². The van der Waals surface area contributed by atoms with Crippen molar-refractivity contribution < 1.29 is 12.8 Å². The van der Waals surface area contributed by atoms with Crippen molar-refractivity contribution in [3.05, 3.63) is 34.2 Å². The van der Waals surface area contributed by atoms with E-state index in [4.69, 9.17) is 5.73 Å². The highest BCUT2D eigenvalue weighted by Crippen LogP contribution is 2.27. The Hall–Kier alpha value is -1.61. The molecule has 0 saturated carbocycles. The summed E-state index contributed by atoms with van der Waals surface area (Å²) in [6, 6.07) is 3.89. The normalized spacial score (nSPS) is 11.6. The second kappa shape index (κ2) is 5.06. The fraction of sp³-hybridized carbons (Fsp3) is 0.182. The summed E-state index contributed by atoms with van der Waals surface area (Å²) < 4.78 is 42.0. The summed E-state index contributed by atoms with van der Waals surface area (Å²) in [5, 5.41) is 4.01. The van der Waals surface area contributed by atoms with Crippen LogP contribution >= 0.6 is 15.9 Å². The van der Waals surface area contributed by atoms with Crippen LogP contribution < -0.4 is 10.5 Å². The number of nitrogens with two attached hydrogens (primary N) is 1. The minimum atomic E-state index is -4.09. The molecule has 3 N–H and O–H groups in total. The molecular formula is C11H12BrFN4O2S. The molecule has 108 valence electrons. The smallest absolute Gasteiger partial charge is 0.266 e. The van der Waals surface area contributed by atoms with Crippen LogP contribution in [-0.2, 0) is 17.1 Å². The van der Waals surface area contributed by atoms with E-state index in [1.54, 1.807) is 14.0 Å². The first-order valence-electron chi connectivity index (χ1n) is 5.48. The molecule has 20 heavy (non-hydrogen) atoms. The number of sulfonamides is 1. The predicted molar refractivity (Wildman–Crippen MR) is 77.3 cm³/mol. The van der Waals surface area contributed by atoms with Crippen molar-refractivity contribution in [2.24, 2.45) is 7.05 Å². The van der Waals surface area contributed by atoms with Crippen molar-refractivity contribution in [2.75, 3.05) is 10.5 Å². The van der Waals surface area contributed by atoms with Crippen LogP contribution in [-0.4, -0.2) is 18.2 Å². The lowest BCUT2D eigenvalue weighted by molar-refractivity contribution is 0.566. The number of anilines is 2. The lowest BCUT2D eigenvalue weighted by Gasteiger charge is -2.10. The van der Waals surface area contributed by atoms with Crippen LogP contribution in [0.3, 0.4) is 0 Å². The topological polar surface area (TPSA) is 90.0 Å². The minimum absolute atomic E-state index is 0.0148. The van der Waals surface area contributed by atoms with Crippen LogP contribution in [0.15, 0.2) is 27.6 Å². The van der Waals surface area contributed by atoms with Gasteiger partial charge in [0.25, 0.3) is 10.0 Å². The Morgan fingerprint density at radius 3 is 2.60 bits per heavy atom. The van der Waals surface area contributed by atoms with Crippen LogP contribution in [0, 0.1) is 12.7 Å². The summed E-state index contributed by atoms with van der Waals surface area (Å²) in [7, 11) is -2.51. The number of nitrogens with one attached hydrogen (secondary N) is 1. The van der Waals surface area contributed by atoms with E-state index in [-0.39, 0.29) is 16.0 Å². The lowest BCUT2D eigenvalue weighted by atomic mass is 10.3. The summed E-state index contributed by atoms with van der Waals surface area (Å²) in [5.74, 6) is -0.661. The molecule has 0 fully saturated rings. The zero-order valence-electron chi connectivity index (χ0n) is 10.7. The molecule has 1 aromatic carbocycles. The summed E-state index contributed by atoms with van der Waals surface area (Å²) in [6.45, 7) is 1.72. The van der Waals surface area contributed by atoms with Gasteiger partial charge in [0.05, 0.1) is 10.2 Å². The summed E-state index contributed by atoms with van der Waals surface area (Å²) >= 11 is 2.93. The van der Waals surface area contributed by atoms with E-state index in [0.717, 1.165) is 6.07 Å². The van der Waals surface area contributed by atoms with E-state index in [2.05, 4.69) is 25.8 Å². The second-order valence-electron chi connectivity index (χ2n) is 4.21. The first kappa shape index (κ1) is 14.8. The summed E-state index contributed by atoms with van der Waals surface area (Å²) in [5.41, 5.74) is 6.32. The number of nitrogen functional groups attached to an aromatic ring is 1. The third-order valence-corrected chi connectivity index (χ3v) is 4.48. The molecule has 0 spiro atoms. The number of hydrogen-bond acceptors (Lipinski definition) is 4. The SMILES string of the molecule is Cc1cc(NS(=O)(=O)c2cc(N)cc(Br)c2F)n(C)n1. The molecule has 0 saturated heterocycles. The Morgan fingerprint density at radius 1 is 1.40 bits per heavy atom. The molecule has 0 atom stereocenters. The van der Waals surface area contributed by atoms with Crippen molar-refractivity contribution in [3.63, 3.8) is 0 Å². The molecule has 0 aliphatic carbocycles. The Bertz CT molecular complexity index is 773. The fourth-order valence-corrected chi connectivity index (χ4v) is 3.50. The van der Waals surface area contributed by atoms with E-state index in [9.17, 15) is 12.8 Å². The summed E-state index contributed by atoms with van der Waals surface area (Å²) in [6.07, 6.45) is 0. The van der Waals surface area contributed by atoms with Gasteiger partial charge in [0.1, 0.15) is 10.7 Å². The number of nitrogens with zero attached hydrogens (tertiary/aromatic N) is 2. The molecule has 6 nitrogen and oxygen atoms in total. The van der Waals surface area contributed by atoms with Gasteiger partial charge in [0.2, 0.25) is 0 Å². The second-order valence-corrected chi connectivity index (χ2v) is 6.72. The zero-order chi connectivity index (χ0) is 15.1. The van der Waals surface area contributed by atoms with Crippen LogP contribution in [0.25, 0.3) is 0 Å². The van der Waals surface area contributed by atoms with E-state index >= 15 is 0 Å². The van der Waals surface area contributed by atoms with Gasteiger partial charge in [-0.2, -0.15) is 5.10 Å². The van der Waals surface area contributed by atoms with E-state index in [1.165, 1.54) is 16.8 Å². The van der Waals surface area contributed by atoms with Gasteiger partial charge in [-0.3, -0.25) is 9.40 Å². The van der Waals surface area contributed by atoms with Gasteiger partial charge in [-0.15, -0.1) is 0 Å². The zero-order valence-corrected chi connectivity index (χ0v) is 13.1. The molecule has 0 amide bonds. The molecule has 1 heterocycles. The minimum Gasteiger partial charge on any atom is -0.399 e. The molecule has 0 aliphatic heterocycles. The van der Waals surface area contributed by atoms with Crippen LogP contribution in [0.4, 0.5) is 15.9 Å². The monoisotopic (exact) mass is 362 g/mol. The van der Waals surface area contributed by atoms with E-state index in [0.29, 0.717) is 5.69 Å². The Labute approximate surface area is 124 Å². The number of aromatic nitrogens is 2. The number of hydrogen-bond donors (Lipinski definition) is 2. The van der Waals surface area contributed by atoms with Crippen molar-refractivity contribution >= 4 is 37.5 Å². The Balaban J connectivity index is 2.49. The Morgan fingerprint density at radius 2 is 2.05 bits per heavy atom. The van der Waals surface area contributed by atoms with Gasteiger partial charge < -0.3 is 5.73 Å². The number of aryl methyl sites for hydroxylation is 2. The molecule has 9 heteroatoms. The number of rotatable bonds is 3. The molecule has 0 radical (unpaired) electrons. The highest BCUT2D eigenvalue weighted by atomic mass is 79.9. The first-order chi connectivity index (χ1) is 9.20. The molecule has 1 aromatic heterocycles. The van der Waals surface area contributed by atoms with Gasteiger partial charge in [-0.25, -0.2) is 12.8 Å². The standard InChI is InChI=1S/C11H12BrFN4O2S/c1-6-3-10(17(2)15-6)16-20(18,19)9-5-7(14)4-8(12)11(9)13/h3-5,16H,14H2,1-2H3. The maximum Gasteiger partial charge on any atom is 0.266 e. The average molecular weight is 363 g/mol. The molecule has 0 unspecified atom stereocenters. The van der Waals surface area contributed by atoms with Crippen LogP contribution in [0.5, 0.6) is 0 Å². The third kappa shape index (κ3) is 2.78. The highest BCUT2D eigenvalue weighted by molar-refractivity contribution is 9.10. The Kier molecular flexibility index (Phi) is 3.74. The van der Waals surface area contributed by atoms with Gasteiger partial charge in [0.15, 0.2) is 5.82 Å². The lowest BCUT2D eigenvalue weighted by Crippen LogP contribution is -2.17. The maximum absolute atomic E-state index is 13.9. The quantitative estimate of drug-likeness (QED) is 0.817. The van der Waals surface area contributed by atoms with E-state index in [1.807, 2.05) is 0 Å². The molecule has 2 rings (SSSR count). The van der Waals surface area contributed by atoms with Crippen molar-refractivity contribution in [2.45, 2.75) is 11.8 Å². The average Bonchev–Trinajstić information content (AvgIpc) is 2.61. The fourth-order valence-electron chi connectivity index (χ4n) is 1.68. The molecular weight excluding hydrogens is 351 g/mol. The largest absolute Gasteiger partial charge is 0.399 e. The van der Waals surface area contributed by atoms with E-state index < -0.39 is 20.7 Å². The molecule has 0 bridgehead atoms.